The van der Waals surface area contributed by atoms with Crippen molar-refractivity contribution in [3.05, 3.63) is 65.5 Å². The molecule has 1 amide bonds. The van der Waals surface area contributed by atoms with Crippen molar-refractivity contribution >= 4 is 23.3 Å². The molecule has 1 atom stereocenters. The minimum absolute atomic E-state index is 0.228. The van der Waals surface area contributed by atoms with Gasteiger partial charge in [0.1, 0.15) is 5.82 Å². The van der Waals surface area contributed by atoms with Gasteiger partial charge in [0.15, 0.2) is 0 Å². The maximum Gasteiger partial charge on any atom is 0.337 e. The van der Waals surface area contributed by atoms with Gasteiger partial charge in [0.25, 0.3) is 5.91 Å². The third kappa shape index (κ3) is 3.82. The number of nitrogens with one attached hydrogen (secondary N) is 1. The normalized spacial score (nSPS) is 15.9. The zero-order valence-corrected chi connectivity index (χ0v) is 13.4. The van der Waals surface area contributed by atoms with E-state index in [0.717, 1.165) is 0 Å². The SMILES string of the molecule is COC(=O)c1cccc(NC(=O)C2CC(c3cccc(F)c3)=NO2)c1. The third-order valence-electron chi connectivity index (χ3n) is 3.67. The molecule has 0 bridgehead atoms. The average Bonchev–Trinajstić information content (AvgIpc) is 3.11. The Bertz CT molecular complexity index is 850. The van der Waals surface area contributed by atoms with Crippen LogP contribution >= 0.6 is 0 Å². The van der Waals surface area contributed by atoms with Crippen LogP contribution in [0.15, 0.2) is 53.7 Å². The summed E-state index contributed by atoms with van der Waals surface area (Å²) in [7, 11) is 1.28. The lowest BCUT2D eigenvalue weighted by atomic mass is 10.0. The summed E-state index contributed by atoms with van der Waals surface area (Å²) in [6, 6.07) is 12.3. The fraction of sp³-hybridized carbons (Fsp3) is 0.167. The Morgan fingerprint density at radius 2 is 2.04 bits per heavy atom. The zero-order chi connectivity index (χ0) is 17.8. The summed E-state index contributed by atoms with van der Waals surface area (Å²) < 4.78 is 17.9. The molecule has 0 fully saturated rings. The number of nitrogens with zero attached hydrogens (tertiary/aromatic N) is 1. The highest BCUT2D eigenvalue weighted by Gasteiger charge is 2.29. The molecule has 1 aliphatic rings. The summed E-state index contributed by atoms with van der Waals surface area (Å²) in [5.74, 6) is -1.28. The lowest BCUT2D eigenvalue weighted by Crippen LogP contribution is -2.28. The zero-order valence-electron chi connectivity index (χ0n) is 13.4. The van der Waals surface area contributed by atoms with E-state index in [2.05, 4.69) is 15.2 Å². The molecule has 3 rings (SSSR count). The standard InChI is InChI=1S/C18H15FN2O4/c1-24-18(23)12-5-3-7-14(9-12)20-17(22)16-10-15(21-25-16)11-4-2-6-13(19)8-11/h2-9,16H,10H2,1H3,(H,20,22). The number of hydrogen-bond acceptors (Lipinski definition) is 5. The fourth-order valence-corrected chi connectivity index (χ4v) is 2.42. The molecule has 0 radical (unpaired) electrons. The summed E-state index contributed by atoms with van der Waals surface area (Å²) in [5.41, 5.74) is 1.84. The molecule has 25 heavy (non-hydrogen) atoms. The summed E-state index contributed by atoms with van der Waals surface area (Å²) in [6.07, 6.45) is -0.591. The van der Waals surface area contributed by atoms with Crippen molar-refractivity contribution in [2.24, 2.45) is 5.16 Å². The van der Waals surface area contributed by atoms with Crippen LogP contribution in [0.25, 0.3) is 0 Å². The van der Waals surface area contributed by atoms with Crippen LogP contribution in [0.2, 0.25) is 0 Å². The number of carbonyl (C=O) groups is 2. The van der Waals surface area contributed by atoms with Crippen molar-refractivity contribution in [1.29, 1.82) is 0 Å². The van der Waals surface area contributed by atoms with E-state index in [0.29, 0.717) is 22.5 Å². The van der Waals surface area contributed by atoms with E-state index in [1.54, 1.807) is 30.3 Å². The first-order valence-corrected chi connectivity index (χ1v) is 7.54. The Balaban J connectivity index is 1.65. The number of hydrogen-bond donors (Lipinski definition) is 1. The second kappa shape index (κ2) is 7.12. The van der Waals surface area contributed by atoms with Gasteiger partial charge in [-0.2, -0.15) is 0 Å². The van der Waals surface area contributed by atoms with Crippen LogP contribution in [0.1, 0.15) is 22.3 Å². The lowest BCUT2D eigenvalue weighted by molar-refractivity contribution is -0.125. The van der Waals surface area contributed by atoms with Crippen molar-refractivity contribution in [3.8, 4) is 0 Å². The first-order chi connectivity index (χ1) is 12.1. The molecule has 2 aromatic carbocycles. The van der Waals surface area contributed by atoms with Crippen molar-refractivity contribution in [1.82, 2.24) is 0 Å². The topological polar surface area (TPSA) is 77.0 Å². The van der Waals surface area contributed by atoms with Crippen LogP contribution in [-0.4, -0.2) is 30.8 Å². The summed E-state index contributed by atoms with van der Waals surface area (Å²) in [5, 5.41) is 6.53. The Kier molecular flexibility index (Phi) is 4.74. The molecule has 6 nitrogen and oxygen atoms in total. The third-order valence-corrected chi connectivity index (χ3v) is 3.67. The van der Waals surface area contributed by atoms with E-state index in [-0.39, 0.29) is 12.2 Å². The van der Waals surface area contributed by atoms with Crippen LogP contribution in [0.4, 0.5) is 10.1 Å². The van der Waals surface area contributed by atoms with E-state index in [1.165, 1.54) is 25.3 Å². The van der Waals surface area contributed by atoms with Crippen LogP contribution < -0.4 is 5.32 Å². The largest absolute Gasteiger partial charge is 0.465 e. The molecule has 0 saturated heterocycles. The molecule has 0 aliphatic carbocycles. The molecule has 7 heteroatoms. The summed E-state index contributed by atoms with van der Waals surface area (Å²) in [6.45, 7) is 0. The van der Waals surface area contributed by atoms with E-state index in [9.17, 15) is 14.0 Å². The molecular formula is C18H15FN2O4. The van der Waals surface area contributed by atoms with Gasteiger partial charge in [0, 0.05) is 17.7 Å². The summed E-state index contributed by atoms with van der Waals surface area (Å²) >= 11 is 0. The molecule has 1 N–H and O–H groups in total. The van der Waals surface area contributed by atoms with E-state index < -0.39 is 18.0 Å². The quantitative estimate of drug-likeness (QED) is 0.867. The van der Waals surface area contributed by atoms with E-state index in [4.69, 9.17) is 4.84 Å². The first kappa shape index (κ1) is 16.6. The van der Waals surface area contributed by atoms with Crippen LogP contribution in [0.3, 0.4) is 0 Å². The molecule has 2 aromatic rings. The number of amides is 1. The molecule has 1 heterocycles. The Hall–Kier alpha value is -3.22. The number of benzene rings is 2. The number of anilines is 1. The van der Waals surface area contributed by atoms with E-state index in [1.807, 2.05) is 0 Å². The minimum atomic E-state index is -0.819. The van der Waals surface area contributed by atoms with Gasteiger partial charge in [-0.05, 0) is 30.3 Å². The van der Waals surface area contributed by atoms with Crippen molar-refractivity contribution in [2.75, 3.05) is 12.4 Å². The molecule has 0 spiro atoms. The van der Waals surface area contributed by atoms with Gasteiger partial charge in [-0.1, -0.05) is 23.4 Å². The van der Waals surface area contributed by atoms with Crippen LogP contribution in [0, 0.1) is 5.82 Å². The Labute approximate surface area is 143 Å². The van der Waals surface area contributed by atoms with Gasteiger partial charge in [0.2, 0.25) is 6.10 Å². The number of methoxy groups -OCH3 is 1. The highest BCUT2D eigenvalue weighted by atomic mass is 19.1. The van der Waals surface area contributed by atoms with Gasteiger partial charge in [-0.3, -0.25) is 4.79 Å². The first-order valence-electron chi connectivity index (χ1n) is 7.54. The minimum Gasteiger partial charge on any atom is -0.465 e. The van der Waals surface area contributed by atoms with Gasteiger partial charge >= 0.3 is 5.97 Å². The molecule has 1 aliphatic heterocycles. The second-order valence-corrected chi connectivity index (χ2v) is 5.41. The lowest BCUT2D eigenvalue weighted by Gasteiger charge is -2.10. The van der Waals surface area contributed by atoms with Crippen molar-refractivity contribution < 1.29 is 23.6 Å². The second-order valence-electron chi connectivity index (χ2n) is 5.41. The monoisotopic (exact) mass is 342 g/mol. The Morgan fingerprint density at radius 3 is 2.80 bits per heavy atom. The molecule has 128 valence electrons. The number of halogens is 1. The van der Waals surface area contributed by atoms with Crippen LogP contribution in [0.5, 0.6) is 0 Å². The number of ether oxygens (including phenoxy) is 1. The maximum absolute atomic E-state index is 13.3. The predicted molar refractivity (Wildman–Crippen MR) is 88.8 cm³/mol. The fourth-order valence-electron chi connectivity index (χ4n) is 2.42. The molecule has 0 saturated carbocycles. The van der Waals surface area contributed by atoms with Crippen molar-refractivity contribution in [3.63, 3.8) is 0 Å². The Morgan fingerprint density at radius 1 is 1.24 bits per heavy atom. The highest BCUT2D eigenvalue weighted by molar-refractivity contribution is 6.06. The van der Waals surface area contributed by atoms with Gasteiger partial charge < -0.3 is 14.9 Å². The van der Waals surface area contributed by atoms with Gasteiger partial charge in [-0.15, -0.1) is 0 Å². The number of carbonyl (C=O) groups excluding carboxylic acids is 2. The number of oxime groups is 1. The van der Waals surface area contributed by atoms with Gasteiger partial charge in [0.05, 0.1) is 18.4 Å². The van der Waals surface area contributed by atoms with E-state index >= 15 is 0 Å². The highest BCUT2D eigenvalue weighted by Crippen LogP contribution is 2.19. The molecule has 0 aromatic heterocycles. The summed E-state index contributed by atoms with van der Waals surface area (Å²) in [4.78, 5) is 29.0. The molecular weight excluding hydrogens is 327 g/mol. The smallest absolute Gasteiger partial charge is 0.337 e. The number of esters is 1. The average molecular weight is 342 g/mol. The molecule has 1 unspecified atom stereocenters. The van der Waals surface area contributed by atoms with Crippen LogP contribution in [-0.2, 0) is 14.4 Å². The maximum atomic E-state index is 13.3. The van der Waals surface area contributed by atoms with Crippen molar-refractivity contribution in [2.45, 2.75) is 12.5 Å². The number of rotatable bonds is 4. The predicted octanol–water partition coefficient (Wildman–Crippen LogP) is 2.74. The van der Waals surface area contributed by atoms with Gasteiger partial charge in [-0.25, -0.2) is 9.18 Å².